The topological polar surface area (TPSA) is 26.0 Å². The van der Waals surface area contributed by atoms with E-state index >= 15 is 0 Å². The summed E-state index contributed by atoms with van der Waals surface area (Å²) in [5.74, 6) is -0.257. The van der Waals surface area contributed by atoms with Gasteiger partial charge in [-0.15, -0.1) is 0 Å². The minimum atomic E-state index is -0.257. The highest BCUT2D eigenvalue weighted by Crippen LogP contribution is 2.31. The van der Waals surface area contributed by atoms with Crippen LogP contribution in [-0.2, 0) is 6.42 Å². The van der Waals surface area contributed by atoms with Crippen LogP contribution in [0, 0.1) is 5.82 Å². The molecule has 0 amide bonds. The molecule has 0 aliphatic carbocycles. The molecule has 2 aromatic rings. The lowest BCUT2D eigenvalue weighted by Gasteiger charge is -2.10. The highest BCUT2D eigenvalue weighted by atomic mass is 79.9. The standard InChI is InChI=1S/C13H10BrClFN/c14-11-4-5-12(15)10(13(11)17)7-8-2-1-3-9(16)6-8/h1-6H,7,17H2. The first-order valence-electron chi connectivity index (χ1n) is 5.04. The van der Waals surface area contributed by atoms with Gasteiger partial charge in [-0.25, -0.2) is 4.39 Å². The summed E-state index contributed by atoms with van der Waals surface area (Å²) in [6.07, 6.45) is 0.516. The molecule has 2 N–H and O–H groups in total. The summed E-state index contributed by atoms with van der Waals surface area (Å²) in [6.45, 7) is 0. The molecule has 17 heavy (non-hydrogen) atoms. The van der Waals surface area contributed by atoms with Gasteiger partial charge in [-0.3, -0.25) is 0 Å². The average Bonchev–Trinajstić information content (AvgIpc) is 2.30. The fourth-order valence-corrected chi connectivity index (χ4v) is 2.24. The summed E-state index contributed by atoms with van der Waals surface area (Å²) < 4.78 is 13.9. The van der Waals surface area contributed by atoms with Gasteiger partial charge >= 0.3 is 0 Å². The Morgan fingerprint density at radius 2 is 2.00 bits per heavy atom. The lowest BCUT2D eigenvalue weighted by atomic mass is 10.0. The quantitative estimate of drug-likeness (QED) is 0.816. The summed E-state index contributed by atoms with van der Waals surface area (Å²) >= 11 is 9.45. The zero-order chi connectivity index (χ0) is 12.4. The van der Waals surface area contributed by atoms with Gasteiger partial charge in [0.25, 0.3) is 0 Å². The van der Waals surface area contributed by atoms with E-state index in [9.17, 15) is 4.39 Å². The lowest BCUT2D eigenvalue weighted by molar-refractivity contribution is 0.626. The SMILES string of the molecule is Nc1c(Br)ccc(Cl)c1Cc1cccc(F)c1. The minimum Gasteiger partial charge on any atom is -0.398 e. The van der Waals surface area contributed by atoms with Crippen molar-refractivity contribution in [1.82, 2.24) is 0 Å². The molecule has 0 aromatic heterocycles. The van der Waals surface area contributed by atoms with Gasteiger partial charge in [0.2, 0.25) is 0 Å². The van der Waals surface area contributed by atoms with Crippen molar-refractivity contribution in [3.8, 4) is 0 Å². The predicted octanol–water partition coefficient (Wildman–Crippen LogP) is 4.41. The Hall–Kier alpha value is -1.06. The molecule has 1 nitrogen and oxygen atoms in total. The summed E-state index contributed by atoms with van der Waals surface area (Å²) in [5.41, 5.74) is 8.20. The first kappa shape index (κ1) is 12.4. The number of nitrogens with two attached hydrogens (primary N) is 1. The van der Waals surface area contributed by atoms with Crippen LogP contribution in [0.3, 0.4) is 0 Å². The van der Waals surface area contributed by atoms with E-state index in [0.717, 1.165) is 15.6 Å². The molecular formula is C13H10BrClFN. The van der Waals surface area contributed by atoms with E-state index in [4.69, 9.17) is 17.3 Å². The Balaban J connectivity index is 2.39. The van der Waals surface area contributed by atoms with Crippen LogP contribution >= 0.6 is 27.5 Å². The molecule has 4 heteroatoms. The largest absolute Gasteiger partial charge is 0.398 e. The molecular weight excluding hydrogens is 305 g/mol. The van der Waals surface area contributed by atoms with Crippen LogP contribution in [0.2, 0.25) is 5.02 Å². The Morgan fingerprint density at radius 3 is 2.71 bits per heavy atom. The van der Waals surface area contributed by atoms with Gasteiger partial charge in [0.05, 0.1) is 5.69 Å². The number of nitrogen functional groups attached to an aromatic ring is 1. The number of rotatable bonds is 2. The summed E-state index contributed by atoms with van der Waals surface area (Å²) in [7, 11) is 0. The van der Waals surface area contributed by atoms with Crippen molar-refractivity contribution < 1.29 is 4.39 Å². The molecule has 2 aromatic carbocycles. The van der Waals surface area contributed by atoms with Crippen LogP contribution in [0.4, 0.5) is 10.1 Å². The van der Waals surface area contributed by atoms with Crippen LogP contribution in [0.1, 0.15) is 11.1 Å². The second kappa shape index (κ2) is 5.07. The van der Waals surface area contributed by atoms with Crippen molar-refractivity contribution in [1.29, 1.82) is 0 Å². The first-order chi connectivity index (χ1) is 8.08. The van der Waals surface area contributed by atoms with Crippen LogP contribution in [-0.4, -0.2) is 0 Å². The van der Waals surface area contributed by atoms with E-state index in [2.05, 4.69) is 15.9 Å². The van der Waals surface area contributed by atoms with Crippen LogP contribution in [0.25, 0.3) is 0 Å². The van der Waals surface area contributed by atoms with Crippen molar-refractivity contribution in [2.75, 3.05) is 5.73 Å². The molecule has 0 spiro atoms. The molecule has 2 rings (SSSR count). The summed E-state index contributed by atoms with van der Waals surface area (Å²) in [5, 5.41) is 0.593. The third-order valence-corrected chi connectivity index (χ3v) is 3.56. The fraction of sp³-hybridized carbons (Fsp3) is 0.0769. The summed E-state index contributed by atoms with van der Waals surface area (Å²) in [4.78, 5) is 0. The molecule has 0 saturated heterocycles. The Bertz CT molecular complexity index is 557. The smallest absolute Gasteiger partial charge is 0.123 e. The molecule has 0 fully saturated rings. The minimum absolute atomic E-state index is 0.257. The number of halogens is 3. The molecule has 0 bridgehead atoms. The normalized spacial score (nSPS) is 10.5. The number of hydrogen-bond donors (Lipinski definition) is 1. The summed E-state index contributed by atoms with van der Waals surface area (Å²) in [6, 6.07) is 9.99. The van der Waals surface area contributed by atoms with E-state index in [-0.39, 0.29) is 5.82 Å². The van der Waals surface area contributed by atoms with Crippen LogP contribution in [0.15, 0.2) is 40.9 Å². The maximum Gasteiger partial charge on any atom is 0.123 e. The van der Waals surface area contributed by atoms with Gasteiger partial charge in [0.15, 0.2) is 0 Å². The zero-order valence-corrected chi connectivity index (χ0v) is 11.2. The van der Waals surface area contributed by atoms with Crippen molar-refractivity contribution in [2.24, 2.45) is 0 Å². The van der Waals surface area contributed by atoms with Crippen LogP contribution in [0.5, 0.6) is 0 Å². The molecule has 0 aliphatic rings. The van der Waals surface area contributed by atoms with Gasteiger partial charge in [-0.05, 0) is 51.3 Å². The number of benzene rings is 2. The van der Waals surface area contributed by atoms with Gasteiger partial charge in [0.1, 0.15) is 5.82 Å². The second-order valence-electron chi connectivity index (χ2n) is 3.73. The monoisotopic (exact) mass is 313 g/mol. The van der Waals surface area contributed by atoms with Crippen LogP contribution < -0.4 is 5.73 Å². The van der Waals surface area contributed by atoms with Gasteiger partial charge in [-0.2, -0.15) is 0 Å². The Morgan fingerprint density at radius 1 is 1.24 bits per heavy atom. The first-order valence-corrected chi connectivity index (χ1v) is 6.22. The van der Waals surface area contributed by atoms with Gasteiger partial charge in [-0.1, -0.05) is 23.7 Å². The molecule has 0 atom stereocenters. The molecule has 0 aliphatic heterocycles. The molecule has 0 saturated carbocycles. The van der Waals surface area contributed by atoms with Crippen molar-refractivity contribution >= 4 is 33.2 Å². The zero-order valence-electron chi connectivity index (χ0n) is 8.88. The predicted molar refractivity (Wildman–Crippen MR) is 72.8 cm³/mol. The third kappa shape index (κ3) is 2.79. The second-order valence-corrected chi connectivity index (χ2v) is 4.99. The maximum atomic E-state index is 13.1. The highest BCUT2D eigenvalue weighted by molar-refractivity contribution is 9.10. The van der Waals surface area contributed by atoms with Gasteiger partial charge < -0.3 is 5.73 Å². The lowest BCUT2D eigenvalue weighted by Crippen LogP contribution is -1.98. The highest BCUT2D eigenvalue weighted by Gasteiger charge is 2.09. The van der Waals surface area contributed by atoms with E-state index in [1.807, 2.05) is 6.07 Å². The average molecular weight is 315 g/mol. The van der Waals surface area contributed by atoms with Crippen molar-refractivity contribution in [2.45, 2.75) is 6.42 Å². The number of hydrogen-bond acceptors (Lipinski definition) is 1. The van der Waals surface area contributed by atoms with E-state index in [1.54, 1.807) is 18.2 Å². The molecule has 0 heterocycles. The van der Waals surface area contributed by atoms with E-state index < -0.39 is 0 Å². The Kier molecular flexibility index (Phi) is 3.69. The third-order valence-electron chi connectivity index (χ3n) is 2.52. The fourth-order valence-electron chi connectivity index (χ4n) is 1.64. The maximum absolute atomic E-state index is 13.1. The van der Waals surface area contributed by atoms with E-state index in [0.29, 0.717) is 17.1 Å². The van der Waals surface area contributed by atoms with Crippen molar-refractivity contribution in [3.63, 3.8) is 0 Å². The Labute approximate surface area is 113 Å². The van der Waals surface area contributed by atoms with Crippen molar-refractivity contribution in [3.05, 3.63) is 62.8 Å². The number of anilines is 1. The molecule has 88 valence electrons. The molecule has 0 radical (unpaired) electrons. The van der Waals surface area contributed by atoms with E-state index in [1.165, 1.54) is 12.1 Å². The van der Waals surface area contributed by atoms with Gasteiger partial charge in [0, 0.05) is 15.9 Å². The molecule has 0 unspecified atom stereocenters.